The van der Waals surface area contributed by atoms with Crippen LogP contribution in [-0.4, -0.2) is 19.1 Å². The highest BCUT2D eigenvalue weighted by molar-refractivity contribution is 6.30. The van der Waals surface area contributed by atoms with Gasteiger partial charge in [-0.2, -0.15) is 0 Å². The van der Waals surface area contributed by atoms with Crippen molar-refractivity contribution in [1.29, 1.82) is 0 Å². The van der Waals surface area contributed by atoms with Gasteiger partial charge in [-0.15, -0.1) is 0 Å². The van der Waals surface area contributed by atoms with Crippen LogP contribution in [0.3, 0.4) is 0 Å². The zero-order valence-electron chi connectivity index (χ0n) is 10.2. The molecule has 1 unspecified atom stereocenters. The maximum Gasteiger partial charge on any atom is 0.307 e. The van der Waals surface area contributed by atoms with Crippen molar-refractivity contribution < 1.29 is 9.53 Å². The summed E-state index contributed by atoms with van der Waals surface area (Å²) in [6, 6.07) is 7.82. The molecule has 0 aliphatic heterocycles. The molecule has 0 spiro atoms. The number of carbonyl (C=O) groups excluding carboxylic acids is 1. The predicted molar refractivity (Wildman–Crippen MR) is 69.0 cm³/mol. The Labute approximate surface area is 107 Å². The second kappa shape index (κ2) is 7.30. The highest BCUT2D eigenvalue weighted by Crippen LogP contribution is 2.10. The average Bonchev–Trinajstić information content (AvgIpc) is 2.36. The van der Waals surface area contributed by atoms with Gasteiger partial charge in [0.25, 0.3) is 0 Å². The van der Waals surface area contributed by atoms with Gasteiger partial charge in [0, 0.05) is 17.6 Å². The third-order valence-electron chi connectivity index (χ3n) is 2.64. The van der Waals surface area contributed by atoms with Gasteiger partial charge in [-0.05, 0) is 24.1 Å². The average molecular weight is 256 g/mol. The van der Waals surface area contributed by atoms with Crippen LogP contribution in [0.5, 0.6) is 0 Å². The van der Waals surface area contributed by atoms with E-state index in [0.717, 1.165) is 23.6 Å². The van der Waals surface area contributed by atoms with Gasteiger partial charge in [0.2, 0.25) is 0 Å². The summed E-state index contributed by atoms with van der Waals surface area (Å²) >= 11 is 5.81. The quantitative estimate of drug-likeness (QED) is 0.795. The fourth-order valence-corrected chi connectivity index (χ4v) is 1.64. The van der Waals surface area contributed by atoms with E-state index in [4.69, 9.17) is 11.6 Å². The number of methoxy groups -OCH3 is 1. The van der Waals surface area contributed by atoms with Crippen LogP contribution in [-0.2, 0) is 16.1 Å². The van der Waals surface area contributed by atoms with E-state index in [2.05, 4.69) is 10.1 Å². The molecule has 0 aliphatic rings. The minimum absolute atomic E-state index is 0.151. The second-order valence-electron chi connectivity index (χ2n) is 3.89. The van der Waals surface area contributed by atoms with Crippen LogP contribution in [0.1, 0.15) is 25.3 Å². The zero-order chi connectivity index (χ0) is 12.7. The minimum Gasteiger partial charge on any atom is -0.469 e. The SMILES string of the molecule is CCC(CC(=O)OC)NCc1ccc(Cl)cc1. The first-order chi connectivity index (χ1) is 8.15. The van der Waals surface area contributed by atoms with Gasteiger partial charge >= 0.3 is 5.97 Å². The largest absolute Gasteiger partial charge is 0.469 e. The van der Waals surface area contributed by atoms with Gasteiger partial charge in [0.05, 0.1) is 13.5 Å². The highest BCUT2D eigenvalue weighted by Gasteiger charge is 2.11. The Balaban J connectivity index is 2.42. The van der Waals surface area contributed by atoms with E-state index in [-0.39, 0.29) is 12.0 Å². The lowest BCUT2D eigenvalue weighted by Crippen LogP contribution is -2.30. The summed E-state index contributed by atoms with van der Waals surface area (Å²) in [6.07, 6.45) is 1.29. The van der Waals surface area contributed by atoms with E-state index in [9.17, 15) is 4.79 Å². The summed E-state index contributed by atoms with van der Waals surface area (Å²) in [4.78, 5) is 11.2. The molecule has 0 bridgehead atoms. The van der Waals surface area contributed by atoms with Gasteiger partial charge in [0.1, 0.15) is 0 Å². The van der Waals surface area contributed by atoms with Gasteiger partial charge in [-0.3, -0.25) is 4.79 Å². The molecule has 0 saturated heterocycles. The van der Waals surface area contributed by atoms with Gasteiger partial charge < -0.3 is 10.1 Å². The Bertz CT molecular complexity index is 351. The van der Waals surface area contributed by atoms with Crippen LogP contribution < -0.4 is 5.32 Å². The number of benzene rings is 1. The molecule has 1 atom stereocenters. The zero-order valence-corrected chi connectivity index (χ0v) is 11.0. The number of rotatable bonds is 6. The van der Waals surface area contributed by atoms with Crippen molar-refractivity contribution in [2.45, 2.75) is 32.4 Å². The van der Waals surface area contributed by atoms with Crippen molar-refractivity contribution in [2.75, 3.05) is 7.11 Å². The van der Waals surface area contributed by atoms with E-state index in [1.807, 2.05) is 31.2 Å². The molecule has 0 amide bonds. The first-order valence-electron chi connectivity index (χ1n) is 5.70. The maximum absolute atomic E-state index is 11.2. The maximum atomic E-state index is 11.2. The molecule has 0 heterocycles. The van der Waals surface area contributed by atoms with Crippen molar-refractivity contribution in [3.8, 4) is 0 Å². The Morgan fingerprint density at radius 2 is 2.06 bits per heavy atom. The number of hydrogen-bond acceptors (Lipinski definition) is 3. The second-order valence-corrected chi connectivity index (χ2v) is 4.33. The predicted octanol–water partition coefficient (Wildman–Crippen LogP) is 2.77. The molecule has 1 rings (SSSR count). The molecule has 1 N–H and O–H groups in total. The van der Waals surface area contributed by atoms with Crippen molar-refractivity contribution >= 4 is 17.6 Å². The highest BCUT2D eigenvalue weighted by atomic mass is 35.5. The normalized spacial score (nSPS) is 12.2. The number of ether oxygens (including phenoxy) is 1. The van der Waals surface area contributed by atoms with Crippen LogP contribution >= 0.6 is 11.6 Å². The first kappa shape index (κ1) is 14.0. The lowest BCUT2D eigenvalue weighted by atomic mass is 10.1. The molecular formula is C13H18ClNO2. The molecule has 0 aliphatic carbocycles. The van der Waals surface area contributed by atoms with Crippen LogP contribution in [0.15, 0.2) is 24.3 Å². The van der Waals surface area contributed by atoms with Crippen molar-refractivity contribution in [1.82, 2.24) is 5.32 Å². The van der Waals surface area contributed by atoms with Gasteiger partial charge in [-0.25, -0.2) is 0 Å². The number of esters is 1. The Morgan fingerprint density at radius 3 is 2.59 bits per heavy atom. The van der Waals surface area contributed by atoms with Gasteiger partial charge in [-0.1, -0.05) is 30.7 Å². The molecule has 1 aromatic rings. The monoisotopic (exact) mass is 255 g/mol. The Hall–Kier alpha value is -1.06. The molecule has 0 aromatic heterocycles. The van der Waals surface area contributed by atoms with Gasteiger partial charge in [0.15, 0.2) is 0 Å². The lowest BCUT2D eigenvalue weighted by Gasteiger charge is -2.15. The summed E-state index contributed by atoms with van der Waals surface area (Å²) in [5.41, 5.74) is 1.15. The third kappa shape index (κ3) is 5.20. The molecule has 0 saturated carbocycles. The van der Waals surface area contributed by atoms with E-state index >= 15 is 0 Å². The number of nitrogens with one attached hydrogen (secondary N) is 1. The molecule has 94 valence electrons. The van der Waals surface area contributed by atoms with E-state index < -0.39 is 0 Å². The number of halogens is 1. The Kier molecular flexibility index (Phi) is 6.01. The van der Waals surface area contributed by atoms with Crippen molar-refractivity contribution in [3.63, 3.8) is 0 Å². The first-order valence-corrected chi connectivity index (χ1v) is 6.08. The topological polar surface area (TPSA) is 38.3 Å². The Morgan fingerprint density at radius 1 is 1.41 bits per heavy atom. The summed E-state index contributed by atoms with van der Waals surface area (Å²) in [6.45, 7) is 2.77. The minimum atomic E-state index is -0.180. The fraction of sp³-hybridized carbons (Fsp3) is 0.462. The summed E-state index contributed by atoms with van der Waals surface area (Å²) in [5, 5.41) is 4.06. The van der Waals surface area contributed by atoms with Crippen molar-refractivity contribution in [3.05, 3.63) is 34.9 Å². The third-order valence-corrected chi connectivity index (χ3v) is 2.89. The molecule has 0 radical (unpaired) electrons. The van der Waals surface area contributed by atoms with E-state index in [1.165, 1.54) is 7.11 Å². The smallest absolute Gasteiger partial charge is 0.307 e. The standard InChI is InChI=1S/C13H18ClNO2/c1-3-12(8-13(16)17-2)15-9-10-4-6-11(14)7-5-10/h4-7,12,15H,3,8-9H2,1-2H3. The molecule has 17 heavy (non-hydrogen) atoms. The van der Waals surface area contributed by atoms with Crippen molar-refractivity contribution in [2.24, 2.45) is 0 Å². The summed E-state index contributed by atoms with van der Waals surface area (Å²) in [7, 11) is 1.41. The van der Waals surface area contributed by atoms with E-state index in [1.54, 1.807) is 0 Å². The lowest BCUT2D eigenvalue weighted by molar-refractivity contribution is -0.141. The summed E-state index contributed by atoms with van der Waals surface area (Å²) in [5.74, 6) is -0.180. The van der Waals surface area contributed by atoms with Crippen LogP contribution in [0, 0.1) is 0 Å². The molecular weight excluding hydrogens is 238 g/mol. The summed E-state index contributed by atoms with van der Waals surface area (Å²) < 4.78 is 4.65. The van der Waals surface area contributed by atoms with Crippen LogP contribution in [0.4, 0.5) is 0 Å². The molecule has 1 aromatic carbocycles. The van der Waals surface area contributed by atoms with E-state index in [0.29, 0.717) is 6.42 Å². The molecule has 3 nitrogen and oxygen atoms in total. The fourth-order valence-electron chi connectivity index (χ4n) is 1.51. The molecule has 0 fully saturated rings. The number of hydrogen-bond donors (Lipinski definition) is 1. The number of carbonyl (C=O) groups is 1. The van der Waals surface area contributed by atoms with Crippen LogP contribution in [0.2, 0.25) is 5.02 Å². The molecule has 4 heteroatoms. The van der Waals surface area contributed by atoms with Crippen LogP contribution in [0.25, 0.3) is 0 Å².